The van der Waals surface area contributed by atoms with Gasteiger partial charge in [0.15, 0.2) is 5.13 Å². The number of hydrogen-bond donors (Lipinski definition) is 4. The van der Waals surface area contributed by atoms with Gasteiger partial charge in [-0.25, -0.2) is 4.98 Å². The van der Waals surface area contributed by atoms with E-state index in [0.29, 0.717) is 23.1 Å². The molecule has 6 nitrogen and oxygen atoms in total. The lowest BCUT2D eigenvalue weighted by Crippen LogP contribution is -2.23. The molecule has 0 bridgehead atoms. The number of thiazole rings is 1. The Balaban J connectivity index is 0.00000280. The summed E-state index contributed by atoms with van der Waals surface area (Å²) in [5.41, 5.74) is 8.63. The molecule has 1 aromatic heterocycles. The lowest BCUT2D eigenvalue weighted by Gasteiger charge is -2.12. The number of anilines is 2. The summed E-state index contributed by atoms with van der Waals surface area (Å²) < 4.78 is 0. The molecule has 5 N–H and O–H groups in total. The van der Waals surface area contributed by atoms with Crippen LogP contribution in [0.25, 0.3) is 0 Å². The van der Waals surface area contributed by atoms with Crippen molar-refractivity contribution in [2.45, 2.75) is 12.5 Å². The molecular formula is C20H23ClN4O2S. The molecule has 0 saturated carbocycles. The Labute approximate surface area is 174 Å². The third kappa shape index (κ3) is 6.31. The molecule has 0 unspecified atom stereocenters. The molecule has 0 aliphatic carbocycles. The van der Waals surface area contributed by atoms with Crippen molar-refractivity contribution >= 4 is 40.5 Å². The van der Waals surface area contributed by atoms with Gasteiger partial charge < -0.3 is 21.5 Å². The number of benzene rings is 2. The summed E-state index contributed by atoms with van der Waals surface area (Å²) in [4.78, 5) is 16.0. The number of halogens is 1. The number of nitrogens with zero attached hydrogens (tertiary/aromatic N) is 1. The maximum atomic E-state index is 12.0. The number of nitrogens with one attached hydrogen (secondary N) is 2. The van der Waals surface area contributed by atoms with E-state index in [9.17, 15) is 9.90 Å². The average molecular weight is 419 g/mol. The summed E-state index contributed by atoms with van der Waals surface area (Å²) in [7, 11) is 0. The predicted octanol–water partition coefficient (Wildman–Crippen LogP) is 3.27. The summed E-state index contributed by atoms with van der Waals surface area (Å²) >= 11 is 1.24. The quantitative estimate of drug-likeness (QED) is 0.421. The smallest absolute Gasteiger partial charge is 0.275 e. The number of aliphatic hydroxyl groups excluding tert-OH is 1. The van der Waals surface area contributed by atoms with Gasteiger partial charge in [0.25, 0.3) is 5.91 Å². The van der Waals surface area contributed by atoms with E-state index >= 15 is 0 Å². The Bertz CT molecular complexity index is 871. The highest BCUT2D eigenvalue weighted by atomic mass is 35.5. The molecule has 28 heavy (non-hydrogen) atoms. The van der Waals surface area contributed by atoms with Crippen molar-refractivity contribution in [3.8, 4) is 0 Å². The van der Waals surface area contributed by atoms with Gasteiger partial charge in [0.2, 0.25) is 0 Å². The second-order valence-electron chi connectivity index (χ2n) is 6.10. The Morgan fingerprint density at radius 3 is 2.50 bits per heavy atom. The van der Waals surface area contributed by atoms with E-state index in [1.165, 1.54) is 11.3 Å². The van der Waals surface area contributed by atoms with Crippen LogP contribution < -0.4 is 16.4 Å². The molecule has 0 aliphatic heterocycles. The highest BCUT2D eigenvalue weighted by molar-refractivity contribution is 7.13. The average Bonchev–Trinajstić information content (AvgIpc) is 3.13. The number of carbonyl (C=O) groups excluding carboxylic acids is 1. The number of amides is 1. The molecule has 3 rings (SSSR count). The fraction of sp³-hybridized carbons (Fsp3) is 0.200. The van der Waals surface area contributed by atoms with Gasteiger partial charge in [-0.15, -0.1) is 23.7 Å². The Morgan fingerprint density at radius 2 is 1.86 bits per heavy atom. The van der Waals surface area contributed by atoms with E-state index in [-0.39, 0.29) is 18.3 Å². The van der Waals surface area contributed by atoms with Crippen molar-refractivity contribution in [1.82, 2.24) is 10.3 Å². The zero-order valence-corrected chi connectivity index (χ0v) is 16.8. The topological polar surface area (TPSA) is 100 Å². The molecule has 0 aliphatic rings. The number of aromatic nitrogens is 1. The number of hydrogen-bond acceptors (Lipinski definition) is 6. The van der Waals surface area contributed by atoms with Crippen molar-refractivity contribution in [3.63, 3.8) is 0 Å². The monoisotopic (exact) mass is 418 g/mol. The van der Waals surface area contributed by atoms with Crippen molar-refractivity contribution < 1.29 is 9.90 Å². The lowest BCUT2D eigenvalue weighted by molar-refractivity contribution is 0.102. The first kappa shape index (κ1) is 21.8. The minimum atomic E-state index is -0.511. The summed E-state index contributed by atoms with van der Waals surface area (Å²) in [6, 6.07) is 17.3. The van der Waals surface area contributed by atoms with Crippen LogP contribution in [0, 0.1) is 0 Å². The van der Waals surface area contributed by atoms with Crippen LogP contribution in [0.2, 0.25) is 0 Å². The van der Waals surface area contributed by atoms with E-state index in [4.69, 9.17) is 5.73 Å². The van der Waals surface area contributed by atoms with Gasteiger partial charge in [-0.05, 0) is 36.2 Å². The maximum Gasteiger partial charge on any atom is 0.275 e. The Morgan fingerprint density at radius 1 is 1.14 bits per heavy atom. The normalized spacial score (nSPS) is 11.5. The third-order valence-electron chi connectivity index (χ3n) is 4.08. The Hall–Kier alpha value is -2.45. The van der Waals surface area contributed by atoms with E-state index in [1.54, 1.807) is 5.38 Å². The van der Waals surface area contributed by atoms with Crippen LogP contribution in [0.5, 0.6) is 0 Å². The molecule has 0 radical (unpaired) electrons. The fourth-order valence-corrected chi connectivity index (χ4v) is 3.15. The van der Waals surface area contributed by atoms with E-state index in [2.05, 4.69) is 15.6 Å². The number of nitrogen functional groups attached to an aromatic ring is 1. The standard InChI is InChI=1S/C20H22N4O2S.ClH/c21-20-24-17(13-27-20)19(26)23-16-8-6-14(7-9-16)10-11-22-12-18(25)15-4-2-1-3-5-15;/h1-9,13,18,22,25H,10-12H2,(H2,21,24)(H,23,26);1H/t18-;/m0./s1. The molecular weight excluding hydrogens is 396 g/mol. The van der Waals surface area contributed by atoms with Gasteiger partial charge in [0, 0.05) is 17.6 Å². The number of nitrogens with two attached hydrogens (primary N) is 1. The fourth-order valence-electron chi connectivity index (χ4n) is 2.61. The summed E-state index contributed by atoms with van der Waals surface area (Å²) in [5.74, 6) is -0.271. The maximum absolute atomic E-state index is 12.0. The van der Waals surface area contributed by atoms with Gasteiger partial charge in [-0.2, -0.15) is 0 Å². The zero-order valence-electron chi connectivity index (χ0n) is 15.2. The van der Waals surface area contributed by atoms with Gasteiger partial charge in [-0.1, -0.05) is 42.5 Å². The molecule has 2 aromatic carbocycles. The van der Waals surface area contributed by atoms with E-state index in [1.807, 2.05) is 54.6 Å². The molecule has 3 aromatic rings. The lowest BCUT2D eigenvalue weighted by atomic mass is 10.1. The number of carbonyl (C=O) groups is 1. The molecule has 0 fully saturated rings. The first-order chi connectivity index (χ1) is 13.1. The summed E-state index contributed by atoms with van der Waals surface area (Å²) in [6.07, 6.45) is 0.321. The van der Waals surface area contributed by atoms with Gasteiger partial charge in [-0.3, -0.25) is 4.79 Å². The van der Waals surface area contributed by atoms with Crippen LogP contribution in [0.4, 0.5) is 10.8 Å². The van der Waals surface area contributed by atoms with Crippen molar-refractivity contribution in [2.75, 3.05) is 24.1 Å². The molecule has 0 saturated heterocycles. The van der Waals surface area contributed by atoms with Crippen LogP contribution in [-0.2, 0) is 6.42 Å². The highest BCUT2D eigenvalue weighted by Crippen LogP contribution is 2.15. The minimum absolute atomic E-state index is 0. The van der Waals surface area contributed by atoms with E-state index in [0.717, 1.165) is 24.1 Å². The second-order valence-corrected chi connectivity index (χ2v) is 6.99. The molecule has 1 amide bonds. The SMILES string of the molecule is Cl.Nc1nc(C(=O)Nc2ccc(CCNC[C@H](O)c3ccccc3)cc2)cs1. The first-order valence-corrected chi connectivity index (χ1v) is 9.55. The Kier molecular flexibility index (Phi) is 8.41. The van der Waals surface area contributed by atoms with Gasteiger partial charge >= 0.3 is 0 Å². The van der Waals surface area contributed by atoms with Crippen LogP contribution in [0.1, 0.15) is 27.7 Å². The van der Waals surface area contributed by atoms with Gasteiger partial charge in [0.05, 0.1) is 6.10 Å². The van der Waals surface area contributed by atoms with E-state index < -0.39 is 6.10 Å². The van der Waals surface area contributed by atoms with Crippen LogP contribution >= 0.6 is 23.7 Å². The summed E-state index contributed by atoms with van der Waals surface area (Å²) in [5, 5.41) is 18.2. The largest absolute Gasteiger partial charge is 0.387 e. The third-order valence-corrected chi connectivity index (χ3v) is 4.75. The zero-order chi connectivity index (χ0) is 19.1. The highest BCUT2D eigenvalue weighted by Gasteiger charge is 2.10. The predicted molar refractivity (Wildman–Crippen MR) is 116 cm³/mol. The van der Waals surface area contributed by atoms with Crippen molar-refractivity contribution in [1.29, 1.82) is 0 Å². The molecule has 0 spiro atoms. The van der Waals surface area contributed by atoms with Crippen LogP contribution in [0.15, 0.2) is 60.0 Å². The minimum Gasteiger partial charge on any atom is -0.387 e. The first-order valence-electron chi connectivity index (χ1n) is 8.67. The second kappa shape index (κ2) is 10.8. The number of aliphatic hydroxyl groups is 1. The van der Waals surface area contributed by atoms with Crippen molar-refractivity contribution in [3.05, 3.63) is 76.8 Å². The van der Waals surface area contributed by atoms with Crippen LogP contribution in [0.3, 0.4) is 0 Å². The van der Waals surface area contributed by atoms with Gasteiger partial charge in [0.1, 0.15) is 5.69 Å². The molecule has 1 atom stereocenters. The molecule has 148 valence electrons. The molecule has 8 heteroatoms. The van der Waals surface area contributed by atoms with Crippen LogP contribution in [-0.4, -0.2) is 29.1 Å². The molecule has 1 heterocycles. The van der Waals surface area contributed by atoms with Crippen molar-refractivity contribution in [2.24, 2.45) is 0 Å². The summed E-state index contributed by atoms with van der Waals surface area (Å²) in [6.45, 7) is 1.27. The number of rotatable bonds is 8.